The zero-order valence-electron chi connectivity index (χ0n) is 8.76. The first-order valence-corrected chi connectivity index (χ1v) is 5.16. The second-order valence-electron chi connectivity index (χ2n) is 4.58. The van der Waals surface area contributed by atoms with Crippen molar-refractivity contribution in [3.05, 3.63) is 35.4 Å². The zero-order valence-corrected chi connectivity index (χ0v) is 8.76. The van der Waals surface area contributed by atoms with Crippen LogP contribution in [0.2, 0.25) is 0 Å². The topological polar surface area (TPSA) is 26.0 Å². The van der Waals surface area contributed by atoms with Gasteiger partial charge in [0.2, 0.25) is 0 Å². The van der Waals surface area contributed by atoms with Gasteiger partial charge in [0.25, 0.3) is 5.92 Å². The van der Waals surface area contributed by atoms with E-state index < -0.39 is 5.92 Å². The molecule has 1 aromatic rings. The molecule has 15 heavy (non-hydrogen) atoms. The van der Waals surface area contributed by atoms with Crippen molar-refractivity contribution in [1.82, 2.24) is 0 Å². The van der Waals surface area contributed by atoms with Gasteiger partial charge in [-0.1, -0.05) is 24.3 Å². The van der Waals surface area contributed by atoms with Gasteiger partial charge >= 0.3 is 0 Å². The summed E-state index contributed by atoms with van der Waals surface area (Å²) in [5.74, 6) is -2.78. The van der Waals surface area contributed by atoms with Crippen LogP contribution in [0.5, 0.6) is 0 Å². The summed E-state index contributed by atoms with van der Waals surface area (Å²) < 4.78 is 26.5. The zero-order chi connectivity index (χ0) is 11.1. The Morgan fingerprint density at radius 1 is 1.33 bits per heavy atom. The second-order valence-corrected chi connectivity index (χ2v) is 4.58. The van der Waals surface area contributed by atoms with E-state index in [2.05, 4.69) is 0 Å². The summed E-state index contributed by atoms with van der Waals surface area (Å²) in [6.07, 6.45) is 2.44. The quantitative estimate of drug-likeness (QED) is 0.817. The molecule has 2 rings (SSSR count). The Morgan fingerprint density at radius 2 is 1.93 bits per heavy atom. The molecular formula is C12H15F2N. The molecule has 0 aliphatic heterocycles. The van der Waals surface area contributed by atoms with Crippen molar-refractivity contribution in [1.29, 1.82) is 0 Å². The summed E-state index contributed by atoms with van der Waals surface area (Å²) in [6.45, 7) is 0.932. The molecule has 0 aromatic heterocycles. The van der Waals surface area contributed by atoms with E-state index in [1.807, 2.05) is 0 Å². The molecule has 1 aliphatic carbocycles. The maximum absolute atomic E-state index is 13.3. The first-order chi connectivity index (χ1) is 6.91. The molecule has 0 spiro atoms. The van der Waals surface area contributed by atoms with Gasteiger partial charge in [-0.05, 0) is 24.8 Å². The molecule has 3 heteroatoms. The molecule has 0 unspecified atom stereocenters. The number of hydrogen-bond donors (Lipinski definition) is 1. The third-order valence-electron chi connectivity index (χ3n) is 2.93. The number of benzene rings is 1. The van der Waals surface area contributed by atoms with Crippen LogP contribution in [0.15, 0.2) is 24.3 Å². The summed E-state index contributed by atoms with van der Waals surface area (Å²) in [6, 6.07) is 6.67. The normalized spacial score (nSPS) is 18.9. The maximum Gasteiger partial charge on any atom is 0.270 e. The summed E-state index contributed by atoms with van der Waals surface area (Å²) in [5.41, 5.74) is 6.52. The molecule has 1 aromatic carbocycles. The highest BCUT2D eigenvalue weighted by Crippen LogP contribution is 2.38. The van der Waals surface area contributed by atoms with Gasteiger partial charge in [-0.3, -0.25) is 0 Å². The fourth-order valence-electron chi connectivity index (χ4n) is 1.82. The first-order valence-electron chi connectivity index (χ1n) is 5.16. The standard InChI is InChI=1S/C12H15F2N/c1-11(13,14)10-5-3-2-4-9(10)8-12(15)6-7-12/h2-5H,6-8,15H2,1H3. The van der Waals surface area contributed by atoms with Crippen molar-refractivity contribution in [3.8, 4) is 0 Å². The summed E-state index contributed by atoms with van der Waals surface area (Å²) >= 11 is 0. The molecule has 0 radical (unpaired) electrons. The van der Waals surface area contributed by atoms with Gasteiger partial charge in [0, 0.05) is 18.0 Å². The second kappa shape index (κ2) is 3.27. The Kier molecular flexibility index (Phi) is 2.30. The molecule has 0 saturated heterocycles. The average molecular weight is 211 g/mol. The summed E-state index contributed by atoms with van der Waals surface area (Å²) in [5, 5.41) is 0. The highest BCUT2D eigenvalue weighted by Gasteiger charge is 2.40. The van der Waals surface area contributed by atoms with Crippen LogP contribution in [-0.2, 0) is 12.3 Å². The lowest BCUT2D eigenvalue weighted by atomic mass is 9.96. The molecule has 1 nitrogen and oxygen atoms in total. The molecule has 0 atom stereocenters. The van der Waals surface area contributed by atoms with E-state index in [9.17, 15) is 8.78 Å². The lowest BCUT2D eigenvalue weighted by Gasteiger charge is -2.17. The molecule has 1 saturated carbocycles. The van der Waals surface area contributed by atoms with Gasteiger partial charge in [-0.15, -0.1) is 0 Å². The van der Waals surface area contributed by atoms with Gasteiger partial charge < -0.3 is 5.73 Å². The van der Waals surface area contributed by atoms with Crippen LogP contribution >= 0.6 is 0 Å². The monoisotopic (exact) mass is 211 g/mol. The van der Waals surface area contributed by atoms with Crippen molar-refractivity contribution < 1.29 is 8.78 Å². The van der Waals surface area contributed by atoms with Gasteiger partial charge in [-0.2, -0.15) is 0 Å². The van der Waals surface area contributed by atoms with E-state index in [1.54, 1.807) is 18.2 Å². The number of alkyl halides is 2. The Morgan fingerprint density at radius 3 is 2.47 bits per heavy atom. The van der Waals surface area contributed by atoms with Crippen molar-refractivity contribution >= 4 is 0 Å². The van der Waals surface area contributed by atoms with Crippen LogP contribution in [0.25, 0.3) is 0 Å². The van der Waals surface area contributed by atoms with Gasteiger partial charge in [0.1, 0.15) is 0 Å². The Hall–Kier alpha value is -0.960. The van der Waals surface area contributed by atoms with Crippen LogP contribution in [-0.4, -0.2) is 5.54 Å². The van der Waals surface area contributed by atoms with Crippen molar-refractivity contribution in [2.45, 2.75) is 37.6 Å². The van der Waals surface area contributed by atoms with Crippen molar-refractivity contribution in [2.24, 2.45) is 5.73 Å². The fraction of sp³-hybridized carbons (Fsp3) is 0.500. The van der Waals surface area contributed by atoms with E-state index in [-0.39, 0.29) is 11.1 Å². The Labute approximate surface area is 88.3 Å². The fourth-order valence-corrected chi connectivity index (χ4v) is 1.82. The highest BCUT2D eigenvalue weighted by atomic mass is 19.3. The average Bonchev–Trinajstić information content (AvgIpc) is 2.82. The number of halogens is 2. The van der Waals surface area contributed by atoms with Crippen LogP contribution in [0.3, 0.4) is 0 Å². The van der Waals surface area contributed by atoms with Gasteiger partial charge in [-0.25, -0.2) is 8.78 Å². The van der Waals surface area contributed by atoms with E-state index in [0.29, 0.717) is 12.0 Å². The minimum atomic E-state index is -2.78. The molecule has 82 valence electrons. The third kappa shape index (κ3) is 2.34. The predicted octanol–water partition coefficient (Wildman–Crippen LogP) is 2.83. The summed E-state index contributed by atoms with van der Waals surface area (Å²) in [4.78, 5) is 0. The largest absolute Gasteiger partial charge is 0.325 e. The third-order valence-corrected chi connectivity index (χ3v) is 2.93. The lowest BCUT2D eigenvalue weighted by Crippen LogP contribution is -2.26. The van der Waals surface area contributed by atoms with Crippen LogP contribution < -0.4 is 5.73 Å². The van der Waals surface area contributed by atoms with Gasteiger partial charge in [0.15, 0.2) is 0 Å². The first kappa shape index (κ1) is 10.6. The molecule has 0 amide bonds. The summed E-state index contributed by atoms with van der Waals surface area (Å²) in [7, 11) is 0. The Balaban J connectivity index is 2.30. The Bertz CT molecular complexity index is 364. The van der Waals surface area contributed by atoms with Crippen molar-refractivity contribution in [3.63, 3.8) is 0 Å². The van der Waals surface area contributed by atoms with Gasteiger partial charge in [0.05, 0.1) is 0 Å². The smallest absolute Gasteiger partial charge is 0.270 e. The maximum atomic E-state index is 13.3. The molecule has 0 bridgehead atoms. The van der Waals surface area contributed by atoms with E-state index in [0.717, 1.165) is 19.8 Å². The van der Waals surface area contributed by atoms with Crippen LogP contribution in [0, 0.1) is 0 Å². The molecule has 0 heterocycles. The van der Waals surface area contributed by atoms with Crippen LogP contribution in [0.4, 0.5) is 8.78 Å². The number of rotatable bonds is 3. The van der Waals surface area contributed by atoms with Crippen molar-refractivity contribution in [2.75, 3.05) is 0 Å². The molecule has 1 fully saturated rings. The minimum Gasteiger partial charge on any atom is -0.325 e. The van der Waals surface area contributed by atoms with E-state index in [4.69, 9.17) is 5.73 Å². The minimum absolute atomic E-state index is 0.113. The predicted molar refractivity (Wildman–Crippen MR) is 55.9 cm³/mol. The van der Waals surface area contributed by atoms with Crippen LogP contribution in [0.1, 0.15) is 30.9 Å². The van der Waals surface area contributed by atoms with E-state index in [1.165, 1.54) is 6.07 Å². The SMILES string of the molecule is CC(F)(F)c1ccccc1CC1(N)CC1. The molecule has 1 aliphatic rings. The van der Waals surface area contributed by atoms with E-state index >= 15 is 0 Å². The number of nitrogens with two attached hydrogens (primary N) is 1. The molecular weight excluding hydrogens is 196 g/mol. The highest BCUT2D eigenvalue weighted by molar-refractivity contribution is 5.33. The lowest BCUT2D eigenvalue weighted by molar-refractivity contribution is 0.0164. The molecule has 2 N–H and O–H groups in total. The number of hydrogen-bond acceptors (Lipinski definition) is 1.